The fourth-order valence-electron chi connectivity index (χ4n) is 5.45. The number of anilines is 1. The highest BCUT2D eigenvalue weighted by molar-refractivity contribution is 7.89. The number of fused-ring (bicyclic) bond motifs is 4. The molecular formula is C23H31N3O3S. The summed E-state index contributed by atoms with van der Waals surface area (Å²) in [6.07, 6.45) is 2.41. The van der Waals surface area contributed by atoms with Crippen LogP contribution in [0.15, 0.2) is 42.5 Å². The minimum atomic E-state index is -3.46. The Labute approximate surface area is 179 Å². The number of aryl methyl sites for hydroxylation is 1. The average Bonchev–Trinajstić information content (AvgIpc) is 2.69. The highest BCUT2D eigenvalue weighted by Crippen LogP contribution is 2.48. The molecule has 0 aromatic heterocycles. The lowest BCUT2D eigenvalue weighted by atomic mass is 9.61. The third-order valence-electron chi connectivity index (χ3n) is 7.14. The van der Waals surface area contributed by atoms with Crippen molar-refractivity contribution in [3.8, 4) is 5.75 Å². The molecule has 0 amide bonds. The molecule has 2 bridgehead atoms. The normalized spacial score (nSPS) is 26.3. The number of hydrogen-bond donors (Lipinski definition) is 2. The molecule has 162 valence electrons. The highest BCUT2D eigenvalue weighted by atomic mass is 32.2. The molecule has 6 nitrogen and oxygen atoms in total. The maximum absolute atomic E-state index is 11.2. The molecule has 1 heterocycles. The van der Waals surface area contributed by atoms with E-state index in [2.05, 4.69) is 49.0 Å². The Morgan fingerprint density at radius 2 is 1.93 bits per heavy atom. The van der Waals surface area contributed by atoms with Crippen molar-refractivity contribution >= 4 is 15.7 Å². The topological polar surface area (TPSA) is 86.9 Å². The van der Waals surface area contributed by atoms with Crippen molar-refractivity contribution in [1.82, 2.24) is 4.90 Å². The second-order valence-corrected chi connectivity index (χ2v) is 10.8. The maximum atomic E-state index is 11.2. The number of phenols is 1. The molecule has 0 radical (unpaired) electrons. The molecule has 2 aromatic carbocycles. The van der Waals surface area contributed by atoms with E-state index in [-0.39, 0.29) is 17.2 Å². The number of likely N-dealkylation sites (tertiary alicyclic amines) is 1. The van der Waals surface area contributed by atoms with Crippen LogP contribution in [-0.2, 0) is 28.3 Å². The standard InChI is InChI=1S/C23H31N3O3S/c1-23-11-12-25(2)21(14-17-6-9-19(27)15-20(17)23)22(23)26(3)18-7-4-16(5-8-18)10-13-30(24,28)29/h4-9,15,21-22,27H,10-14H2,1-3H3,(H2,24,28,29). The fourth-order valence-corrected chi connectivity index (χ4v) is 5.97. The Balaban J connectivity index is 1.65. The lowest BCUT2D eigenvalue weighted by Gasteiger charge is -2.57. The number of likely N-dealkylation sites (N-methyl/N-ethyl adjacent to an activating group) is 2. The summed E-state index contributed by atoms with van der Waals surface area (Å²) in [5, 5.41) is 15.3. The van der Waals surface area contributed by atoms with Gasteiger partial charge in [-0.2, -0.15) is 0 Å². The Morgan fingerprint density at radius 1 is 1.23 bits per heavy atom. The number of rotatable bonds is 5. The zero-order chi connectivity index (χ0) is 21.7. The Morgan fingerprint density at radius 3 is 2.60 bits per heavy atom. The highest BCUT2D eigenvalue weighted by Gasteiger charge is 2.51. The van der Waals surface area contributed by atoms with Crippen molar-refractivity contribution in [2.75, 3.05) is 31.3 Å². The molecule has 0 spiro atoms. The predicted octanol–water partition coefficient (Wildman–Crippen LogP) is 2.25. The van der Waals surface area contributed by atoms with Gasteiger partial charge in [-0.3, -0.25) is 0 Å². The van der Waals surface area contributed by atoms with E-state index in [9.17, 15) is 13.5 Å². The van der Waals surface area contributed by atoms with Crippen LogP contribution in [0.25, 0.3) is 0 Å². The first kappa shape index (κ1) is 21.2. The first-order valence-electron chi connectivity index (χ1n) is 10.4. The largest absolute Gasteiger partial charge is 0.508 e. The van der Waals surface area contributed by atoms with E-state index in [0.717, 1.165) is 30.6 Å². The molecule has 3 atom stereocenters. The molecule has 1 saturated heterocycles. The lowest BCUT2D eigenvalue weighted by molar-refractivity contribution is 0.0834. The summed E-state index contributed by atoms with van der Waals surface area (Å²) < 4.78 is 22.5. The minimum Gasteiger partial charge on any atom is -0.508 e. The van der Waals surface area contributed by atoms with Gasteiger partial charge in [0.2, 0.25) is 10.0 Å². The van der Waals surface area contributed by atoms with Gasteiger partial charge in [0, 0.05) is 24.2 Å². The number of primary sulfonamides is 1. The van der Waals surface area contributed by atoms with Crippen LogP contribution in [0.5, 0.6) is 5.75 Å². The number of nitrogens with two attached hydrogens (primary N) is 1. The van der Waals surface area contributed by atoms with Crippen LogP contribution in [0.1, 0.15) is 30.0 Å². The third kappa shape index (κ3) is 3.82. The fraction of sp³-hybridized carbons (Fsp3) is 0.478. The van der Waals surface area contributed by atoms with Crippen LogP contribution in [0, 0.1) is 0 Å². The summed E-state index contributed by atoms with van der Waals surface area (Å²) >= 11 is 0. The molecule has 30 heavy (non-hydrogen) atoms. The molecule has 3 unspecified atom stereocenters. The van der Waals surface area contributed by atoms with Gasteiger partial charge in [-0.05, 0) is 73.8 Å². The number of phenolic OH excluding ortho intramolecular Hbond substituents is 1. The zero-order valence-corrected chi connectivity index (χ0v) is 18.7. The molecule has 3 N–H and O–H groups in total. The smallest absolute Gasteiger partial charge is 0.209 e. The van der Waals surface area contributed by atoms with Crippen LogP contribution >= 0.6 is 0 Å². The van der Waals surface area contributed by atoms with Gasteiger partial charge in [0.15, 0.2) is 0 Å². The SMILES string of the molecule is CN1CCC2(C)c3cc(O)ccc3CC1C2N(C)c1ccc(CCS(N)(=O)=O)cc1. The zero-order valence-electron chi connectivity index (χ0n) is 17.9. The van der Waals surface area contributed by atoms with Gasteiger partial charge < -0.3 is 14.9 Å². The molecule has 1 aliphatic heterocycles. The van der Waals surface area contributed by atoms with Crippen molar-refractivity contribution < 1.29 is 13.5 Å². The minimum absolute atomic E-state index is 0.0456. The molecule has 2 aromatic rings. The van der Waals surface area contributed by atoms with Crippen molar-refractivity contribution in [1.29, 1.82) is 0 Å². The molecule has 1 aliphatic carbocycles. The number of nitrogens with zero attached hydrogens (tertiary/aromatic N) is 2. The Hall–Kier alpha value is -2.09. The van der Waals surface area contributed by atoms with Gasteiger partial charge >= 0.3 is 0 Å². The first-order valence-corrected chi connectivity index (χ1v) is 12.1. The Bertz CT molecular complexity index is 1040. The van der Waals surface area contributed by atoms with Crippen LogP contribution in [0.2, 0.25) is 0 Å². The van der Waals surface area contributed by atoms with Crippen molar-refractivity contribution in [2.45, 2.75) is 43.7 Å². The first-order chi connectivity index (χ1) is 14.1. The van der Waals surface area contributed by atoms with E-state index in [1.807, 2.05) is 18.2 Å². The number of aromatic hydroxyl groups is 1. The summed E-state index contributed by atoms with van der Waals surface area (Å²) in [7, 11) is 0.884. The van der Waals surface area contributed by atoms with Crippen LogP contribution in [0.4, 0.5) is 5.69 Å². The average molecular weight is 430 g/mol. The summed E-state index contributed by atoms with van der Waals surface area (Å²) in [6.45, 7) is 3.36. The van der Waals surface area contributed by atoms with Crippen molar-refractivity contribution in [3.05, 3.63) is 59.2 Å². The van der Waals surface area contributed by atoms with Gasteiger partial charge in [-0.25, -0.2) is 13.6 Å². The van der Waals surface area contributed by atoms with Crippen LogP contribution in [-0.4, -0.2) is 56.9 Å². The summed E-state index contributed by atoms with van der Waals surface area (Å²) in [6, 6.07) is 14.6. The summed E-state index contributed by atoms with van der Waals surface area (Å²) in [5.41, 5.74) is 4.59. The van der Waals surface area contributed by atoms with Gasteiger partial charge in [-0.15, -0.1) is 0 Å². The van der Waals surface area contributed by atoms with E-state index < -0.39 is 10.0 Å². The molecule has 4 rings (SSSR count). The number of hydrogen-bond acceptors (Lipinski definition) is 5. The van der Waals surface area contributed by atoms with E-state index >= 15 is 0 Å². The monoisotopic (exact) mass is 429 g/mol. The van der Waals surface area contributed by atoms with Gasteiger partial charge in [0.1, 0.15) is 5.75 Å². The third-order valence-corrected chi connectivity index (χ3v) is 7.91. The van der Waals surface area contributed by atoms with Crippen molar-refractivity contribution in [3.63, 3.8) is 0 Å². The van der Waals surface area contributed by atoms with Crippen LogP contribution < -0.4 is 10.0 Å². The van der Waals surface area contributed by atoms with Gasteiger partial charge in [0.25, 0.3) is 0 Å². The molecule has 0 saturated carbocycles. The summed E-state index contributed by atoms with van der Waals surface area (Å²) in [4.78, 5) is 4.82. The maximum Gasteiger partial charge on any atom is 0.209 e. The van der Waals surface area contributed by atoms with E-state index in [1.54, 1.807) is 6.07 Å². The van der Waals surface area contributed by atoms with Crippen LogP contribution in [0.3, 0.4) is 0 Å². The molecular weight excluding hydrogens is 398 g/mol. The number of piperidine rings is 1. The van der Waals surface area contributed by atoms with E-state index in [0.29, 0.717) is 18.2 Å². The van der Waals surface area contributed by atoms with E-state index in [4.69, 9.17) is 5.14 Å². The Kier molecular flexibility index (Phi) is 5.33. The molecule has 1 fully saturated rings. The molecule has 7 heteroatoms. The number of benzene rings is 2. The van der Waals surface area contributed by atoms with Gasteiger partial charge in [-0.1, -0.05) is 25.1 Å². The lowest BCUT2D eigenvalue weighted by Crippen LogP contribution is -2.66. The summed E-state index contributed by atoms with van der Waals surface area (Å²) in [5.74, 6) is 0.281. The second-order valence-electron chi connectivity index (χ2n) is 9.10. The van der Waals surface area contributed by atoms with E-state index in [1.165, 1.54) is 11.1 Å². The molecule has 2 aliphatic rings. The van der Waals surface area contributed by atoms with Gasteiger partial charge in [0.05, 0.1) is 11.8 Å². The second kappa shape index (κ2) is 7.55. The quantitative estimate of drug-likeness (QED) is 0.761. The van der Waals surface area contributed by atoms with Crippen molar-refractivity contribution in [2.24, 2.45) is 5.14 Å². The predicted molar refractivity (Wildman–Crippen MR) is 121 cm³/mol. The number of sulfonamides is 1.